The lowest BCUT2D eigenvalue weighted by molar-refractivity contribution is -0.155. The molecule has 2 aliphatic heterocycles. The van der Waals surface area contributed by atoms with Crippen LogP contribution in [0.1, 0.15) is 26.3 Å². The summed E-state index contributed by atoms with van der Waals surface area (Å²) in [5.41, 5.74) is 3.79. The lowest BCUT2D eigenvalue weighted by Gasteiger charge is -2.25. The van der Waals surface area contributed by atoms with E-state index in [1.807, 2.05) is 0 Å². The lowest BCUT2D eigenvalue weighted by atomic mass is 10.0. The van der Waals surface area contributed by atoms with Crippen molar-refractivity contribution >= 4 is 41.8 Å². The van der Waals surface area contributed by atoms with Gasteiger partial charge in [0.25, 0.3) is 11.1 Å². The predicted octanol–water partition coefficient (Wildman–Crippen LogP) is -0.839. The van der Waals surface area contributed by atoms with Crippen LogP contribution >= 0.6 is 7.60 Å². The summed E-state index contributed by atoms with van der Waals surface area (Å²) in [5.74, 6) is -0.582. The number of hydrogen-bond acceptors (Lipinski definition) is 15. The number of aliphatic hydroxyl groups excluding tert-OH is 2. The molecule has 4 aromatic heterocycles. The van der Waals surface area contributed by atoms with E-state index in [9.17, 15) is 24.4 Å². The molecule has 0 amide bonds. The molecule has 0 aromatic carbocycles. The number of aromatic amines is 2. The topological polar surface area (TPSA) is 274 Å². The third-order valence-electron chi connectivity index (χ3n) is 7.16. The first kappa shape index (κ1) is 29.2. The maximum Gasteiger partial charge on any atom is 0.332 e. The monoisotopic (exact) mass is 630 g/mol. The number of aliphatic hydroxyl groups is 2. The van der Waals surface area contributed by atoms with Crippen molar-refractivity contribution in [1.82, 2.24) is 39.0 Å². The first-order valence-electron chi connectivity index (χ1n) is 12.4. The van der Waals surface area contributed by atoms with Crippen LogP contribution in [0.5, 0.6) is 0 Å². The number of hydrogen-bond donors (Lipinski definition) is 6. The fourth-order valence-electron chi connectivity index (χ4n) is 4.97. The standard InChI is InChI=1S/C21H25F2N10O9P/c1-20(22)8(34)14(39-16(20)32-4-26-6-10(32)28-18(24)30-12(6)36)41-43(3,38)42-15-9(35)21(2,23)17(40-15)33-5-27-7-11(33)29-19(25)31-13(7)37/h4-5,8-9,14-17,34-35H,1-3H3,(H3,24,28,30,36)(H3,25,29,31,37)/t8-,9-,14-,15-,16-,17-,20-,21-/m1/s1. The van der Waals surface area contributed by atoms with Crippen molar-refractivity contribution < 1.29 is 42.1 Å². The second kappa shape index (κ2) is 9.58. The van der Waals surface area contributed by atoms with Gasteiger partial charge in [0, 0.05) is 6.66 Å². The van der Waals surface area contributed by atoms with Crippen LogP contribution in [-0.2, 0) is 23.1 Å². The van der Waals surface area contributed by atoms with Crippen LogP contribution in [0.25, 0.3) is 22.3 Å². The number of nitrogens with one attached hydrogen (secondary N) is 2. The fourth-order valence-corrected chi connectivity index (χ4v) is 6.10. The minimum atomic E-state index is -4.45. The van der Waals surface area contributed by atoms with Crippen LogP contribution in [0.15, 0.2) is 22.2 Å². The minimum absolute atomic E-state index is 0.167. The van der Waals surface area contributed by atoms with Gasteiger partial charge in [0.2, 0.25) is 11.9 Å². The third-order valence-corrected chi connectivity index (χ3v) is 8.34. The van der Waals surface area contributed by atoms with Crippen molar-refractivity contribution in [3.63, 3.8) is 0 Å². The maximum absolute atomic E-state index is 15.8. The van der Waals surface area contributed by atoms with Gasteiger partial charge in [-0.3, -0.25) is 42.3 Å². The van der Waals surface area contributed by atoms with E-state index in [4.69, 9.17) is 30.0 Å². The Morgan fingerprint density at radius 3 is 1.63 bits per heavy atom. The molecule has 0 spiro atoms. The molecule has 19 nitrogen and oxygen atoms in total. The molecule has 2 fully saturated rings. The van der Waals surface area contributed by atoms with E-state index in [-0.39, 0.29) is 34.2 Å². The maximum atomic E-state index is 15.8. The number of fused-ring (bicyclic) bond motifs is 2. The molecule has 8 atom stereocenters. The first-order valence-corrected chi connectivity index (χ1v) is 14.4. The third kappa shape index (κ3) is 4.60. The van der Waals surface area contributed by atoms with E-state index >= 15 is 8.78 Å². The zero-order valence-corrected chi connectivity index (χ0v) is 23.3. The molecule has 0 unspecified atom stereocenters. The van der Waals surface area contributed by atoms with Gasteiger partial charge < -0.3 is 31.2 Å². The normalized spacial score (nSPS) is 33.2. The highest BCUT2D eigenvalue weighted by Gasteiger charge is 2.60. The second-order valence-electron chi connectivity index (χ2n) is 10.4. The summed E-state index contributed by atoms with van der Waals surface area (Å²) in [6, 6.07) is 0. The van der Waals surface area contributed by atoms with Crippen LogP contribution in [-0.4, -0.2) is 92.0 Å². The number of nitrogens with zero attached hydrogens (tertiary/aromatic N) is 6. The second-order valence-corrected chi connectivity index (χ2v) is 12.4. The van der Waals surface area contributed by atoms with E-state index in [0.29, 0.717) is 0 Å². The molecule has 6 rings (SSSR count). The Labute approximate surface area is 237 Å². The summed E-state index contributed by atoms with van der Waals surface area (Å²) in [7, 11) is -4.45. The van der Waals surface area contributed by atoms with E-state index in [1.165, 1.54) is 0 Å². The number of rotatable bonds is 6. The number of anilines is 2. The van der Waals surface area contributed by atoms with Gasteiger partial charge in [-0.2, -0.15) is 9.97 Å². The zero-order valence-electron chi connectivity index (χ0n) is 22.4. The highest BCUT2D eigenvalue weighted by molar-refractivity contribution is 7.53. The Morgan fingerprint density at radius 1 is 0.884 bits per heavy atom. The lowest BCUT2D eigenvalue weighted by Crippen LogP contribution is -2.41. The van der Waals surface area contributed by atoms with E-state index in [2.05, 4.69) is 29.9 Å². The van der Waals surface area contributed by atoms with Gasteiger partial charge in [-0.05, 0) is 13.8 Å². The molecule has 0 bridgehead atoms. The number of imidazole rings is 2. The Morgan fingerprint density at radius 2 is 1.26 bits per heavy atom. The number of halogens is 2. The van der Waals surface area contributed by atoms with Gasteiger partial charge in [0.1, 0.15) is 12.2 Å². The minimum Gasteiger partial charge on any atom is -0.384 e. The van der Waals surface area contributed by atoms with Gasteiger partial charge in [0.05, 0.1) is 12.7 Å². The molecular weight excluding hydrogens is 605 g/mol. The Hall–Kier alpha value is -3.85. The summed E-state index contributed by atoms with van der Waals surface area (Å²) in [4.78, 5) is 44.4. The van der Waals surface area contributed by atoms with Gasteiger partial charge in [-0.1, -0.05) is 0 Å². The van der Waals surface area contributed by atoms with E-state index < -0.39 is 67.3 Å². The zero-order chi connectivity index (χ0) is 31.2. The molecule has 0 aliphatic carbocycles. The van der Waals surface area contributed by atoms with Crippen molar-refractivity contribution in [3.8, 4) is 0 Å². The van der Waals surface area contributed by atoms with Crippen molar-refractivity contribution in [2.24, 2.45) is 0 Å². The van der Waals surface area contributed by atoms with Crippen LogP contribution in [0, 0.1) is 0 Å². The Balaban J connectivity index is 1.23. The van der Waals surface area contributed by atoms with Crippen LogP contribution < -0.4 is 22.6 Å². The Bertz CT molecular complexity index is 1780. The van der Waals surface area contributed by atoms with Crippen molar-refractivity contribution in [2.45, 2.75) is 62.4 Å². The molecule has 2 aliphatic rings. The van der Waals surface area contributed by atoms with Crippen LogP contribution in [0.4, 0.5) is 20.7 Å². The van der Waals surface area contributed by atoms with Gasteiger partial charge in [-0.15, -0.1) is 0 Å². The fraction of sp³-hybridized carbons (Fsp3) is 0.524. The average Bonchev–Trinajstić information content (AvgIpc) is 3.61. The summed E-state index contributed by atoms with van der Waals surface area (Å²) in [5, 5.41) is 21.4. The summed E-state index contributed by atoms with van der Waals surface area (Å²) in [6.45, 7) is 2.81. The van der Waals surface area contributed by atoms with Crippen LogP contribution in [0.2, 0.25) is 0 Å². The quantitative estimate of drug-likeness (QED) is 0.142. The number of alkyl halides is 2. The average molecular weight is 630 g/mol. The number of nitrogen functional groups attached to an aromatic ring is 2. The summed E-state index contributed by atoms with van der Waals surface area (Å²) < 4.78 is 68.7. The summed E-state index contributed by atoms with van der Waals surface area (Å²) in [6.07, 6.45) is -9.35. The molecule has 2 saturated heterocycles. The molecule has 22 heteroatoms. The molecule has 232 valence electrons. The largest absolute Gasteiger partial charge is 0.384 e. The van der Waals surface area contributed by atoms with Crippen molar-refractivity contribution in [2.75, 3.05) is 18.1 Å². The Kier molecular flexibility index (Phi) is 6.51. The number of nitrogens with two attached hydrogens (primary N) is 2. The number of aromatic nitrogens is 8. The van der Waals surface area contributed by atoms with Crippen LogP contribution in [0.3, 0.4) is 0 Å². The number of ether oxygens (including phenoxy) is 2. The van der Waals surface area contributed by atoms with Gasteiger partial charge in [0.15, 0.2) is 58.7 Å². The predicted molar refractivity (Wildman–Crippen MR) is 140 cm³/mol. The molecule has 6 heterocycles. The molecule has 4 aromatic rings. The number of H-pyrrole nitrogens is 2. The van der Waals surface area contributed by atoms with Gasteiger partial charge >= 0.3 is 7.60 Å². The summed E-state index contributed by atoms with van der Waals surface area (Å²) >= 11 is 0. The van der Waals surface area contributed by atoms with Crippen molar-refractivity contribution in [3.05, 3.63) is 33.4 Å². The SMILES string of the molecule is C[C@@]1(F)[C@H](O)[C@@H](OP(C)(=O)O[C@H]2O[C@@H](n3cnc4c(=O)[nH]c(N)nc43)[C@](C)(F)[C@@H]2O)O[C@H]1n1cnc2c(=O)[nH]c(N)nc21. The molecule has 0 saturated carbocycles. The van der Waals surface area contributed by atoms with E-state index in [1.54, 1.807) is 0 Å². The molecule has 43 heavy (non-hydrogen) atoms. The van der Waals surface area contributed by atoms with Crippen molar-refractivity contribution in [1.29, 1.82) is 0 Å². The smallest absolute Gasteiger partial charge is 0.332 e. The molecule has 8 N–H and O–H groups in total. The molecule has 0 radical (unpaired) electrons. The first-order chi connectivity index (χ1) is 20.0. The highest BCUT2D eigenvalue weighted by atomic mass is 31.2. The highest BCUT2D eigenvalue weighted by Crippen LogP contribution is 2.55. The van der Waals surface area contributed by atoms with E-state index in [0.717, 1.165) is 42.3 Å². The molecular formula is C21H25F2N10O9P. The van der Waals surface area contributed by atoms with Gasteiger partial charge in [-0.25, -0.2) is 18.7 Å².